The smallest absolute Gasteiger partial charge is 0.0297 e. The Morgan fingerprint density at radius 2 is 1.75 bits per heavy atom. The van der Waals surface area contributed by atoms with E-state index in [1.165, 1.54) is 9.75 Å². The zero-order valence-corrected chi connectivity index (χ0v) is 12.6. The second-order valence-electron chi connectivity index (χ2n) is 4.68. The molecule has 0 unspecified atom stereocenters. The van der Waals surface area contributed by atoms with Crippen molar-refractivity contribution in [3.63, 3.8) is 0 Å². The number of thiophene rings is 1. The predicted octanol–water partition coefficient (Wildman–Crippen LogP) is 4.97. The van der Waals surface area contributed by atoms with Crippen molar-refractivity contribution in [1.29, 1.82) is 0 Å². The molecule has 0 saturated heterocycles. The third kappa shape index (κ3) is 3.15. The van der Waals surface area contributed by atoms with E-state index in [1.807, 2.05) is 11.3 Å². The second kappa shape index (κ2) is 6.28. The molecular formula is C13H20Cl2S. The lowest BCUT2D eigenvalue weighted by Gasteiger charge is -2.33. The minimum Gasteiger partial charge on any atom is -0.145 e. The van der Waals surface area contributed by atoms with Gasteiger partial charge in [0.25, 0.3) is 0 Å². The molecule has 0 spiro atoms. The third-order valence-corrected chi connectivity index (χ3v) is 5.64. The lowest BCUT2D eigenvalue weighted by Crippen LogP contribution is -2.33. The van der Waals surface area contributed by atoms with Crippen LogP contribution in [0.2, 0.25) is 0 Å². The van der Waals surface area contributed by atoms with Crippen molar-refractivity contribution in [3.8, 4) is 0 Å². The highest BCUT2D eigenvalue weighted by molar-refractivity contribution is 7.12. The molecule has 0 aliphatic rings. The van der Waals surface area contributed by atoms with Gasteiger partial charge in [-0.15, -0.1) is 34.5 Å². The van der Waals surface area contributed by atoms with E-state index in [4.69, 9.17) is 23.2 Å². The van der Waals surface area contributed by atoms with Gasteiger partial charge in [0.15, 0.2) is 0 Å². The molecule has 0 saturated carbocycles. The Labute approximate surface area is 113 Å². The molecule has 1 aromatic rings. The van der Waals surface area contributed by atoms with Crippen LogP contribution in [0.4, 0.5) is 0 Å². The SMILES string of the molecule is CCc1ccc(CC(CCl)(CCl)C(C)C)s1. The Morgan fingerprint density at radius 3 is 2.12 bits per heavy atom. The van der Waals surface area contributed by atoms with Gasteiger partial charge in [0.1, 0.15) is 0 Å². The molecule has 0 nitrogen and oxygen atoms in total. The van der Waals surface area contributed by atoms with E-state index >= 15 is 0 Å². The maximum Gasteiger partial charge on any atom is 0.0297 e. The molecule has 0 bridgehead atoms. The largest absolute Gasteiger partial charge is 0.145 e. The lowest BCUT2D eigenvalue weighted by atomic mass is 9.77. The van der Waals surface area contributed by atoms with Crippen molar-refractivity contribution in [2.24, 2.45) is 11.3 Å². The number of hydrogen-bond donors (Lipinski definition) is 0. The van der Waals surface area contributed by atoms with Crippen LogP contribution in [0, 0.1) is 11.3 Å². The van der Waals surface area contributed by atoms with Crippen LogP contribution < -0.4 is 0 Å². The molecule has 3 heteroatoms. The monoisotopic (exact) mass is 278 g/mol. The quantitative estimate of drug-likeness (QED) is 0.645. The molecule has 1 rings (SSSR count). The molecule has 16 heavy (non-hydrogen) atoms. The Morgan fingerprint density at radius 1 is 1.19 bits per heavy atom. The molecule has 0 amide bonds. The average Bonchev–Trinajstić information content (AvgIpc) is 2.73. The van der Waals surface area contributed by atoms with Crippen LogP contribution >= 0.6 is 34.5 Å². The average molecular weight is 279 g/mol. The van der Waals surface area contributed by atoms with E-state index in [2.05, 4.69) is 32.9 Å². The Kier molecular flexibility index (Phi) is 5.63. The van der Waals surface area contributed by atoms with Gasteiger partial charge < -0.3 is 0 Å². The van der Waals surface area contributed by atoms with Gasteiger partial charge in [0.2, 0.25) is 0 Å². The first-order valence-corrected chi connectivity index (χ1v) is 7.66. The van der Waals surface area contributed by atoms with Gasteiger partial charge in [-0.3, -0.25) is 0 Å². The van der Waals surface area contributed by atoms with E-state index in [9.17, 15) is 0 Å². The minimum absolute atomic E-state index is 0.0407. The van der Waals surface area contributed by atoms with Crippen molar-refractivity contribution in [2.45, 2.75) is 33.6 Å². The van der Waals surface area contributed by atoms with E-state index in [-0.39, 0.29) is 5.41 Å². The highest BCUT2D eigenvalue weighted by atomic mass is 35.5. The predicted molar refractivity (Wildman–Crippen MR) is 76.1 cm³/mol. The topological polar surface area (TPSA) is 0 Å². The molecule has 0 fully saturated rings. The molecular weight excluding hydrogens is 259 g/mol. The van der Waals surface area contributed by atoms with Gasteiger partial charge in [-0.05, 0) is 30.9 Å². The summed E-state index contributed by atoms with van der Waals surface area (Å²) in [4.78, 5) is 2.85. The first-order valence-electron chi connectivity index (χ1n) is 5.77. The van der Waals surface area contributed by atoms with Crippen LogP contribution in [0.15, 0.2) is 12.1 Å². The van der Waals surface area contributed by atoms with Gasteiger partial charge in [-0.2, -0.15) is 0 Å². The fourth-order valence-corrected chi connectivity index (χ4v) is 3.90. The number of aryl methyl sites for hydroxylation is 1. The second-order valence-corrected chi connectivity index (χ2v) is 6.47. The van der Waals surface area contributed by atoms with E-state index in [0.29, 0.717) is 17.7 Å². The van der Waals surface area contributed by atoms with Crippen LogP contribution in [0.1, 0.15) is 30.5 Å². The highest BCUT2D eigenvalue weighted by Crippen LogP contribution is 2.36. The van der Waals surface area contributed by atoms with Gasteiger partial charge >= 0.3 is 0 Å². The van der Waals surface area contributed by atoms with Crippen molar-refractivity contribution < 1.29 is 0 Å². The van der Waals surface area contributed by atoms with Crippen molar-refractivity contribution >= 4 is 34.5 Å². The maximum absolute atomic E-state index is 6.13. The fraction of sp³-hybridized carbons (Fsp3) is 0.692. The van der Waals surface area contributed by atoms with Gasteiger partial charge in [-0.25, -0.2) is 0 Å². The van der Waals surface area contributed by atoms with Crippen LogP contribution in [0.3, 0.4) is 0 Å². The number of hydrogen-bond acceptors (Lipinski definition) is 1. The van der Waals surface area contributed by atoms with Crippen LogP contribution in [-0.2, 0) is 12.8 Å². The molecule has 0 aliphatic heterocycles. The fourth-order valence-electron chi connectivity index (χ4n) is 1.70. The van der Waals surface area contributed by atoms with Crippen LogP contribution in [0.5, 0.6) is 0 Å². The van der Waals surface area contributed by atoms with Crippen LogP contribution in [-0.4, -0.2) is 11.8 Å². The molecule has 0 aliphatic carbocycles. The molecule has 0 atom stereocenters. The summed E-state index contributed by atoms with van der Waals surface area (Å²) in [5.74, 6) is 1.77. The highest BCUT2D eigenvalue weighted by Gasteiger charge is 2.32. The zero-order chi connectivity index (χ0) is 12.2. The Balaban J connectivity index is 2.82. The van der Waals surface area contributed by atoms with Crippen molar-refractivity contribution in [2.75, 3.05) is 11.8 Å². The number of alkyl halides is 2. The molecule has 92 valence electrons. The van der Waals surface area contributed by atoms with Gasteiger partial charge in [-0.1, -0.05) is 20.8 Å². The number of halogens is 2. The van der Waals surface area contributed by atoms with Crippen molar-refractivity contribution in [3.05, 3.63) is 21.9 Å². The van der Waals surface area contributed by atoms with Crippen LogP contribution in [0.25, 0.3) is 0 Å². The summed E-state index contributed by atoms with van der Waals surface area (Å²) >= 11 is 14.2. The summed E-state index contributed by atoms with van der Waals surface area (Å²) in [6, 6.07) is 4.44. The number of rotatable bonds is 6. The molecule has 0 N–H and O–H groups in total. The summed E-state index contributed by atoms with van der Waals surface area (Å²) in [5, 5.41) is 0. The van der Waals surface area contributed by atoms with E-state index < -0.39 is 0 Å². The van der Waals surface area contributed by atoms with E-state index in [1.54, 1.807) is 0 Å². The molecule has 1 heterocycles. The summed E-state index contributed by atoms with van der Waals surface area (Å²) in [7, 11) is 0. The maximum atomic E-state index is 6.13. The molecule has 0 radical (unpaired) electrons. The summed E-state index contributed by atoms with van der Waals surface area (Å²) in [6.45, 7) is 6.60. The first-order chi connectivity index (χ1) is 7.57. The zero-order valence-electron chi connectivity index (χ0n) is 10.2. The van der Waals surface area contributed by atoms with E-state index in [0.717, 1.165) is 12.8 Å². The van der Waals surface area contributed by atoms with Gasteiger partial charge in [0, 0.05) is 26.9 Å². The first kappa shape index (κ1) is 14.3. The minimum atomic E-state index is 0.0407. The van der Waals surface area contributed by atoms with Crippen molar-refractivity contribution in [1.82, 2.24) is 0 Å². The Hall–Kier alpha value is 0.280. The van der Waals surface area contributed by atoms with Gasteiger partial charge in [0.05, 0.1) is 0 Å². The standard InChI is InChI=1S/C13H20Cl2S/c1-4-11-5-6-12(16-11)7-13(8-14,9-15)10(2)3/h5-6,10H,4,7-9H2,1-3H3. The summed E-state index contributed by atoms with van der Waals surface area (Å²) < 4.78 is 0. The lowest BCUT2D eigenvalue weighted by molar-refractivity contribution is 0.260. The molecule has 0 aromatic carbocycles. The molecule has 1 aromatic heterocycles. The summed E-state index contributed by atoms with van der Waals surface area (Å²) in [6.07, 6.45) is 2.11. The third-order valence-electron chi connectivity index (χ3n) is 3.35. The normalized spacial score (nSPS) is 12.4. The summed E-state index contributed by atoms with van der Waals surface area (Å²) in [5.41, 5.74) is 0.0407. The Bertz CT molecular complexity index is 313.